The molecule has 0 saturated heterocycles. The van der Waals surface area contributed by atoms with Crippen LogP contribution in [0.3, 0.4) is 0 Å². The van der Waals surface area contributed by atoms with Crippen LogP contribution in [0, 0.1) is 0 Å². The monoisotopic (exact) mass is 261 g/mol. The van der Waals surface area contributed by atoms with E-state index in [-0.39, 0.29) is 11.4 Å². The summed E-state index contributed by atoms with van der Waals surface area (Å²) in [4.78, 5) is 14.4. The van der Waals surface area contributed by atoms with Gasteiger partial charge in [0.2, 0.25) is 0 Å². The molecule has 0 saturated carbocycles. The Bertz CT molecular complexity index is 454. The van der Waals surface area contributed by atoms with Gasteiger partial charge in [0.05, 0.1) is 5.60 Å². The van der Waals surface area contributed by atoms with E-state index >= 15 is 0 Å². The van der Waals surface area contributed by atoms with Crippen molar-refractivity contribution in [1.29, 1.82) is 0 Å². The highest BCUT2D eigenvalue weighted by atomic mass is 16.5. The molecule has 0 N–H and O–H groups in total. The smallest absolute Gasteiger partial charge is 0.165 e. The SMILES string of the molecule is COC(C)(C)CCN1CCCC(=O)c2ccccc21. The van der Waals surface area contributed by atoms with E-state index in [0.29, 0.717) is 6.42 Å². The molecule has 0 aromatic heterocycles. The number of carbonyl (C=O) groups is 1. The van der Waals surface area contributed by atoms with Crippen LogP contribution in [-0.2, 0) is 4.74 Å². The van der Waals surface area contributed by atoms with Gasteiger partial charge in [-0.1, -0.05) is 12.1 Å². The van der Waals surface area contributed by atoms with Crippen LogP contribution in [-0.4, -0.2) is 31.6 Å². The topological polar surface area (TPSA) is 29.5 Å². The van der Waals surface area contributed by atoms with Gasteiger partial charge in [-0.15, -0.1) is 0 Å². The van der Waals surface area contributed by atoms with Gasteiger partial charge in [0.15, 0.2) is 5.78 Å². The number of hydrogen-bond acceptors (Lipinski definition) is 3. The molecule has 3 heteroatoms. The average molecular weight is 261 g/mol. The van der Waals surface area contributed by atoms with Crippen LogP contribution in [0.5, 0.6) is 0 Å². The first-order valence-corrected chi connectivity index (χ1v) is 6.96. The molecule has 0 unspecified atom stereocenters. The second kappa shape index (κ2) is 5.74. The normalized spacial score (nSPS) is 16.2. The summed E-state index contributed by atoms with van der Waals surface area (Å²) in [6.45, 7) is 6.07. The summed E-state index contributed by atoms with van der Waals surface area (Å²) in [5, 5.41) is 0. The van der Waals surface area contributed by atoms with Crippen molar-refractivity contribution in [2.45, 2.75) is 38.7 Å². The van der Waals surface area contributed by atoms with Crippen LogP contribution in [0.15, 0.2) is 24.3 Å². The van der Waals surface area contributed by atoms with E-state index in [4.69, 9.17) is 4.74 Å². The van der Waals surface area contributed by atoms with Gasteiger partial charge >= 0.3 is 0 Å². The Kier molecular flexibility index (Phi) is 4.25. The highest BCUT2D eigenvalue weighted by Gasteiger charge is 2.23. The number of para-hydroxylation sites is 1. The summed E-state index contributed by atoms with van der Waals surface area (Å²) in [7, 11) is 1.75. The zero-order valence-corrected chi connectivity index (χ0v) is 12.1. The van der Waals surface area contributed by atoms with Gasteiger partial charge < -0.3 is 9.64 Å². The molecule has 1 aliphatic heterocycles. The molecule has 19 heavy (non-hydrogen) atoms. The molecule has 0 radical (unpaired) electrons. The summed E-state index contributed by atoms with van der Waals surface area (Å²) in [5.41, 5.74) is 1.83. The lowest BCUT2D eigenvalue weighted by Gasteiger charge is -2.30. The Labute approximate surface area is 115 Å². The van der Waals surface area contributed by atoms with Gasteiger partial charge in [-0.3, -0.25) is 4.79 Å². The van der Waals surface area contributed by atoms with Crippen LogP contribution < -0.4 is 4.90 Å². The Hall–Kier alpha value is -1.35. The Morgan fingerprint density at radius 3 is 2.79 bits per heavy atom. The van der Waals surface area contributed by atoms with E-state index in [2.05, 4.69) is 24.8 Å². The highest BCUT2D eigenvalue weighted by molar-refractivity contribution is 6.01. The van der Waals surface area contributed by atoms with Crippen LogP contribution in [0.2, 0.25) is 0 Å². The van der Waals surface area contributed by atoms with Crippen molar-refractivity contribution >= 4 is 11.5 Å². The van der Waals surface area contributed by atoms with E-state index < -0.39 is 0 Å². The molecule has 2 rings (SSSR count). The van der Waals surface area contributed by atoms with Gasteiger partial charge in [0, 0.05) is 37.9 Å². The molecule has 0 spiro atoms. The van der Waals surface area contributed by atoms with Gasteiger partial charge in [-0.2, -0.15) is 0 Å². The third kappa shape index (κ3) is 3.35. The zero-order valence-electron chi connectivity index (χ0n) is 12.1. The maximum atomic E-state index is 12.1. The van der Waals surface area contributed by atoms with Gasteiger partial charge in [-0.25, -0.2) is 0 Å². The Morgan fingerprint density at radius 1 is 1.32 bits per heavy atom. The molecule has 1 aliphatic rings. The number of fused-ring (bicyclic) bond motifs is 1. The number of carbonyl (C=O) groups excluding carboxylic acids is 1. The molecule has 0 aliphatic carbocycles. The number of methoxy groups -OCH3 is 1. The molecule has 0 bridgehead atoms. The van der Waals surface area contributed by atoms with Gasteiger partial charge in [-0.05, 0) is 38.8 Å². The van der Waals surface area contributed by atoms with Crippen LogP contribution in [0.4, 0.5) is 5.69 Å². The summed E-state index contributed by atoms with van der Waals surface area (Å²) in [6.07, 6.45) is 2.54. The van der Waals surface area contributed by atoms with Crippen molar-refractivity contribution in [3.8, 4) is 0 Å². The quantitative estimate of drug-likeness (QED) is 0.833. The van der Waals surface area contributed by atoms with Crippen molar-refractivity contribution in [3.05, 3.63) is 29.8 Å². The minimum atomic E-state index is -0.120. The number of hydrogen-bond donors (Lipinski definition) is 0. The molecular formula is C16H23NO2. The van der Waals surface area contributed by atoms with E-state index in [1.54, 1.807) is 7.11 Å². The summed E-state index contributed by atoms with van der Waals surface area (Å²) in [5.74, 6) is 0.268. The summed E-state index contributed by atoms with van der Waals surface area (Å²) in [6, 6.07) is 7.95. The molecule has 1 heterocycles. The number of ketones is 1. The zero-order chi connectivity index (χ0) is 13.9. The average Bonchev–Trinajstić information content (AvgIpc) is 2.57. The van der Waals surface area contributed by atoms with Crippen LogP contribution in [0.25, 0.3) is 0 Å². The molecule has 104 valence electrons. The first-order valence-electron chi connectivity index (χ1n) is 6.96. The maximum Gasteiger partial charge on any atom is 0.165 e. The lowest BCUT2D eigenvalue weighted by molar-refractivity contribution is 0.0172. The van der Waals surface area contributed by atoms with E-state index in [9.17, 15) is 4.79 Å². The second-order valence-electron chi connectivity index (χ2n) is 5.74. The molecule has 3 nitrogen and oxygen atoms in total. The third-order valence-electron chi connectivity index (χ3n) is 3.91. The number of anilines is 1. The Morgan fingerprint density at radius 2 is 2.05 bits per heavy atom. The fourth-order valence-corrected chi connectivity index (χ4v) is 2.41. The molecule has 1 aromatic rings. The van der Waals surface area contributed by atoms with Crippen LogP contribution >= 0.6 is 0 Å². The van der Waals surface area contributed by atoms with Crippen molar-refractivity contribution in [1.82, 2.24) is 0 Å². The van der Waals surface area contributed by atoms with Gasteiger partial charge in [0.25, 0.3) is 0 Å². The van der Waals surface area contributed by atoms with Crippen molar-refractivity contribution in [2.24, 2.45) is 0 Å². The maximum absolute atomic E-state index is 12.1. The first-order chi connectivity index (χ1) is 9.03. The highest BCUT2D eigenvalue weighted by Crippen LogP contribution is 2.27. The van der Waals surface area contributed by atoms with E-state index in [1.165, 1.54) is 0 Å². The number of ether oxygens (including phenoxy) is 1. The first kappa shape index (κ1) is 14.1. The minimum absolute atomic E-state index is 0.120. The van der Waals surface area contributed by atoms with Crippen LogP contribution in [0.1, 0.15) is 43.5 Å². The lowest BCUT2D eigenvalue weighted by Crippen LogP contribution is -2.32. The summed E-state index contributed by atoms with van der Waals surface area (Å²) >= 11 is 0. The predicted molar refractivity (Wildman–Crippen MR) is 77.9 cm³/mol. The largest absolute Gasteiger partial charge is 0.379 e. The molecular weight excluding hydrogens is 238 g/mol. The van der Waals surface area contributed by atoms with Crippen molar-refractivity contribution in [3.63, 3.8) is 0 Å². The lowest BCUT2D eigenvalue weighted by atomic mass is 10.0. The molecule has 0 amide bonds. The van der Waals surface area contributed by atoms with E-state index in [0.717, 1.165) is 37.2 Å². The van der Waals surface area contributed by atoms with Crippen molar-refractivity contribution in [2.75, 3.05) is 25.1 Å². The number of rotatable bonds is 4. The number of Topliss-reactive ketones (excluding diaryl/α,β-unsaturated/α-hetero) is 1. The fraction of sp³-hybridized carbons (Fsp3) is 0.562. The number of nitrogens with zero attached hydrogens (tertiary/aromatic N) is 1. The Balaban J connectivity index is 2.17. The standard InChI is InChI=1S/C16H23NO2/c1-16(2,19-3)10-12-17-11-6-9-15(18)13-7-4-5-8-14(13)17/h4-5,7-8H,6,9-12H2,1-3H3. The molecule has 0 atom stereocenters. The van der Waals surface area contributed by atoms with Gasteiger partial charge in [0.1, 0.15) is 0 Å². The van der Waals surface area contributed by atoms with Crippen molar-refractivity contribution < 1.29 is 9.53 Å². The minimum Gasteiger partial charge on any atom is -0.379 e. The summed E-state index contributed by atoms with van der Waals surface area (Å²) < 4.78 is 5.48. The predicted octanol–water partition coefficient (Wildman–Crippen LogP) is 3.28. The third-order valence-corrected chi connectivity index (χ3v) is 3.91. The number of benzene rings is 1. The second-order valence-corrected chi connectivity index (χ2v) is 5.74. The molecule has 0 fully saturated rings. The van der Waals surface area contributed by atoms with E-state index in [1.807, 2.05) is 18.2 Å². The molecule has 1 aromatic carbocycles. The fourth-order valence-electron chi connectivity index (χ4n) is 2.41.